The van der Waals surface area contributed by atoms with Gasteiger partial charge in [-0.2, -0.15) is 0 Å². The summed E-state index contributed by atoms with van der Waals surface area (Å²) in [5.74, 6) is 0. The van der Waals surface area contributed by atoms with Crippen LogP contribution in [-0.2, 0) is 0 Å². The van der Waals surface area contributed by atoms with Crippen LogP contribution in [0.4, 0.5) is 0 Å². The summed E-state index contributed by atoms with van der Waals surface area (Å²) >= 11 is 0. The highest BCUT2D eigenvalue weighted by Gasteiger charge is 2.39. The fourth-order valence-electron chi connectivity index (χ4n) is 3.79. The molecule has 13 heteroatoms. The van der Waals surface area contributed by atoms with Crippen molar-refractivity contribution in [3.05, 3.63) is 0 Å². The second kappa shape index (κ2) is 19.0. The van der Waals surface area contributed by atoms with Gasteiger partial charge in [-0.1, -0.05) is 0 Å². The summed E-state index contributed by atoms with van der Waals surface area (Å²) in [7, 11) is 0. The third kappa shape index (κ3) is 9.88. The molecule has 0 aliphatic heterocycles. The predicted molar refractivity (Wildman–Crippen MR) is 112 cm³/mol. The maximum absolute atomic E-state index is 10.2. The van der Waals surface area contributed by atoms with Gasteiger partial charge in [0, 0.05) is 39.3 Å². The fraction of sp³-hybridized carbons (Fsp3) is 1.00. The lowest BCUT2D eigenvalue weighted by Gasteiger charge is -2.51. The number of nitrogens with zero attached hydrogens (tertiary/aromatic N) is 4. The molecule has 0 aliphatic carbocycles. The Morgan fingerprint density at radius 1 is 0.355 bits per heavy atom. The van der Waals surface area contributed by atoms with E-state index in [1.807, 2.05) is 0 Å². The summed E-state index contributed by atoms with van der Waals surface area (Å²) in [6.45, 7) is -2.62. The molecule has 0 saturated heterocycles. The quantitative estimate of drug-likeness (QED) is 0.0738. The first-order chi connectivity index (χ1) is 15.0. The topological polar surface area (TPSA) is 195 Å². The predicted octanol–water partition coefficient (Wildman–Crippen LogP) is -5.90. The van der Waals surface area contributed by atoms with E-state index in [1.54, 1.807) is 19.6 Å². The lowest BCUT2D eigenvalue weighted by molar-refractivity contribution is -0.158. The van der Waals surface area contributed by atoms with Gasteiger partial charge in [0.1, 0.15) is 0 Å². The van der Waals surface area contributed by atoms with Gasteiger partial charge in [0.05, 0.1) is 78.0 Å². The second-order valence-corrected chi connectivity index (χ2v) is 6.89. The van der Waals surface area contributed by atoms with Gasteiger partial charge >= 0.3 is 0 Å². The molecule has 0 saturated carbocycles. The summed E-state index contributed by atoms with van der Waals surface area (Å²) in [6, 6.07) is 0. The molecule has 0 spiro atoms. The summed E-state index contributed by atoms with van der Waals surface area (Å²) in [5.41, 5.74) is 0. The summed E-state index contributed by atoms with van der Waals surface area (Å²) < 4.78 is 0. The van der Waals surface area contributed by atoms with Gasteiger partial charge in [0.2, 0.25) is 0 Å². The zero-order valence-corrected chi connectivity index (χ0v) is 18.2. The lowest BCUT2D eigenvalue weighted by Crippen LogP contribution is -2.69. The first kappa shape index (κ1) is 30.5. The van der Waals surface area contributed by atoms with Gasteiger partial charge in [0.25, 0.3) is 0 Å². The highest BCUT2D eigenvalue weighted by molar-refractivity contribution is 4.86. The van der Waals surface area contributed by atoms with Crippen molar-refractivity contribution in [3.63, 3.8) is 0 Å². The van der Waals surface area contributed by atoms with Crippen LogP contribution in [0.5, 0.6) is 0 Å². The van der Waals surface area contributed by atoms with Crippen molar-refractivity contribution in [2.45, 2.75) is 18.5 Å². The normalized spacial score (nSPS) is 15.4. The van der Waals surface area contributed by atoms with Crippen molar-refractivity contribution in [2.24, 2.45) is 0 Å². The zero-order valence-electron chi connectivity index (χ0n) is 18.2. The number of aliphatic hydroxyl groups excluding tert-OH is 9. The number of aliphatic hydroxyl groups is 9. The molecule has 0 heterocycles. The van der Waals surface area contributed by atoms with Crippen molar-refractivity contribution in [3.8, 4) is 0 Å². The molecular formula is C18H42N4O9. The Morgan fingerprint density at radius 2 is 0.548 bits per heavy atom. The van der Waals surface area contributed by atoms with E-state index in [9.17, 15) is 46.0 Å². The van der Waals surface area contributed by atoms with Crippen LogP contribution in [-0.4, -0.2) is 183 Å². The maximum Gasteiger partial charge on any atom is 0.0889 e. The molecule has 188 valence electrons. The lowest BCUT2D eigenvalue weighted by atomic mass is 10.2. The van der Waals surface area contributed by atoms with Crippen molar-refractivity contribution < 1.29 is 46.0 Å². The Morgan fingerprint density at radius 3 is 0.677 bits per heavy atom. The fourth-order valence-corrected chi connectivity index (χ4v) is 3.79. The van der Waals surface area contributed by atoms with Gasteiger partial charge in [-0.05, 0) is 0 Å². The Kier molecular flexibility index (Phi) is 18.7. The highest BCUT2D eigenvalue weighted by Crippen LogP contribution is 2.20. The molecule has 0 aromatic rings. The van der Waals surface area contributed by atoms with Crippen LogP contribution in [0.15, 0.2) is 0 Å². The molecule has 0 amide bonds. The Bertz CT molecular complexity index is 339. The summed E-state index contributed by atoms with van der Waals surface area (Å²) in [6.07, 6.45) is -2.69. The number of hydrogen-bond donors (Lipinski definition) is 9. The van der Waals surface area contributed by atoms with Gasteiger partial charge in [-0.25, -0.2) is 4.90 Å². The number of rotatable bonds is 21. The van der Waals surface area contributed by atoms with E-state index in [2.05, 4.69) is 0 Å². The third-order valence-electron chi connectivity index (χ3n) is 5.11. The van der Waals surface area contributed by atoms with Crippen LogP contribution in [0.25, 0.3) is 0 Å². The zero-order chi connectivity index (χ0) is 23.6. The van der Waals surface area contributed by atoms with E-state index in [1.165, 1.54) is 0 Å². The molecule has 0 bridgehead atoms. The van der Waals surface area contributed by atoms with Crippen LogP contribution < -0.4 is 0 Å². The molecule has 0 aromatic heterocycles. The van der Waals surface area contributed by atoms with Crippen molar-refractivity contribution in [1.82, 2.24) is 19.6 Å². The molecule has 13 nitrogen and oxygen atoms in total. The Balaban J connectivity index is 6.41. The molecule has 0 rings (SSSR count). The monoisotopic (exact) mass is 458 g/mol. The molecule has 0 radical (unpaired) electrons. The van der Waals surface area contributed by atoms with Crippen molar-refractivity contribution in [1.29, 1.82) is 0 Å². The van der Waals surface area contributed by atoms with Gasteiger partial charge < -0.3 is 46.0 Å². The molecule has 9 N–H and O–H groups in total. The maximum atomic E-state index is 10.2. The molecular weight excluding hydrogens is 416 g/mol. The Labute approximate surface area is 183 Å². The van der Waals surface area contributed by atoms with Crippen LogP contribution in [0.1, 0.15) is 0 Å². The largest absolute Gasteiger partial charge is 0.395 e. The smallest absolute Gasteiger partial charge is 0.0889 e. The summed E-state index contributed by atoms with van der Waals surface area (Å²) in [5, 5.41) is 87.5. The minimum absolute atomic E-state index is 0.0819. The average Bonchev–Trinajstić information content (AvgIpc) is 2.76. The first-order valence-corrected chi connectivity index (χ1v) is 10.5. The van der Waals surface area contributed by atoms with E-state index < -0.39 is 38.3 Å². The van der Waals surface area contributed by atoms with E-state index in [0.29, 0.717) is 0 Å². The van der Waals surface area contributed by atoms with Crippen molar-refractivity contribution in [2.75, 3.05) is 98.7 Å². The minimum Gasteiger partial charge on any atom is -0.395 e. The molecule has 3 unspecified atom stereocenters. The first-order valence-electron chi connectivity index (χ1n) is 10.5. The van der Waals surface area contributed by atoms with E-state index >= 15 is 0 Å². The molecule has 0 aromatic carbocycles. The van der Waals surface area contributed by atoms with Crippen LogP contribution in [0.3, 0.4) is 0 Å². The van der Waals surface area contributed by atoms with Crippen molar-refractivity contribution >= 4 is 0 Å². The minimum atomic E-state index is -0.895. The SMILES string of the molecule is OCCN(CCO)C(CO)N(C(CO)N(CCO)CCO)C(CO)N(CCO)CCO. The molecule has 0 fully saturated rings. The molecule has 0 aliphatic rings. The molecule has 3 atom stereocenters. The van der Waals surface area contributed by atoms with E-state index in [-0.39, 0.29) is 78.9 Å². The summed E-state index contributed by atoms with van der Waals surface area (Å²) in [4.78, 5) is 6.30. The van der Waals surface area contributed by atoms with Crippen LogP contribution >= 0.6 is 0 Å². The van der Waals surface area contributed by atoms with E-state index in [0.717, 1.165) is 0 Å². The van der Waals surface area contributed by atoms with Gasteiger partial charge in [0.15, 0.2) is 0 Å². The van der Waals surface area contributed by atoms with Gasteiger partial charge in [-0.3, -0.25) is 14.7 Å². The van der Waals surface area contributed by atoms with Crippen LogP contribution in [0, 0.1) is 0 Å². The van der Waals surface area contributed by atoms with E-state index in [4.69, 9.17) is 0 Å². The number of hydrogen-bond acceptors (Lipinski definition) is 13. The second-order valence-electron chi connectivity index (χ2n) is 6.89. The average molecular weight is 459 g/mol. The van der Waals surface area contributed by atoms with Gasteiger partial charge in [-0.15, -0.1) is 0 Å². The standard InChI is InChI=1S/C18H42N4O9/c23-7-1-19(2-8-24)16(13-29)22(17(14-30)20(3-9-25)4-10-26)18(15-31)21(5-11-27)6-12-28/h16-18,23-31H,1-15H2. The Hall–Kier alpha value is -0.520. The highest BCUT2D eigenvalue weighted by atomic mass is 16.3. The third-order valence-corrected chi connectivity index (χ3v) is 5.11. The molecule has 31 heavy (non-hydrogen) atoms. The van der Waals surface area contributed by atoms with Crippen LogP contribution in [0.2, 0.25) is 0 Å².